The van der Waals surface area contributed by atoms with E-state index in [-0.39, 0.29) is 29.7 Å². The first-order valence-corrected chi connectivity index (χ1v) is 5.89. The summed E-state index contributed by atoms with van der Waals surface area (Å²) in [5.41, 5.74) is -0.687. The van der Waals surface area contributed by atoms with Crippen molar-refractivity contribution >= 4 is 17.5 Å². The molecule has 0 aliphatic heterocycles. The molecule has 8 nitrogen and oxygen atoms in total. The van der Waals surface area contributed by atoms with E-state index in [0.717, 1.165) is 0 Å². The van der Waals surface area contributed by atoms with Gasteiger partial charge in [-0.25, -0.2) is 4.98 Å². The Labute approximate surface area is 115 Å². The highest BCUT2D eigenvalue weighted by molar-refractivity contribution is 5.71. The van der Waals surface area contributed by atoms with Gasteiger partial charge in [-0.05, 0) is 12.0 Å². The summed E-state index contributed by atoms with van der Waals surface area (Å²) in [6, 6.07) is 4.15. The van der Waals surface area contributed by atoms with Gasteiger partial charge in [-0.1, -0.05) is 13.8 Å². The van der Waals surface area contributed by atoms with Crippen LogP contribution in [0.2, 0.25) is 0 Å². The molecule has 0 saturated heterocycles. The van der Waals surface area contributed by atoms with E-state index in [0.29, 0.717) is 0 Å². The van der Waals surface area contributed by atoms with Gasteiger partial charge in [0.2, 0.25) is 5.69 Å². The zero-order valence-corrected chi connectivity index (χ0v) is 11.0. The summed E-state index contributed by atoms with van der Waals surface area (Å²) in [5, 5.41) is 31.3. The highest BCUT2D eigenvalue weighted by Gasteiger charge is 2.22. The maximum atomic E-state index is 11.0. The lowest BCUT2D eigenvalue weighted by atomic mass is 9.96. The Balaban J connectivity index is 2.87. The Morgan fingerprint density at radius 3 is 2.70 bits per heavy atom. The summed E-state index contributed by atoms with van der Waals surface area (Å²) in [5.74, 6) is -1.39. The SMILES string of the molecule is CC(C)C(CNc1ccc([N+](=O)[O-])c(C#N)n1)C(=O)O. The van der Waals surface area contributed by atoms with E-state index in [1.54, 1.807) is 19.9 Å². The van der Waals surface area contributed by atoms with Gasteiger partial charge < -0.3 is 10.4 Å². The van der Waals surface area contributed by atoms with Gasteiger partial charge in [0.15, 0.2) is 0 Å². The van der Waals surface area contributed by atoms with Gasteiger partial charge in [-0.3, -0.25) is 14.9 Å². The van der Waals surface area contributed by atoms with Crippen molar-refractivity contribution in [1.29, 1.82) is 5.26 Å². The van der Waals surface area contributed by atoms with Crippen molar-refractivity contribution in [3.8, 4) is 6.07 Å². The lowest BCUT2D eigenvalue weighted by Gasteiger charge is -2.16. The van der Waals surface area contributed by atoms with Gasteiger partial charge in [0, 0.05) is 12.6 Å². The summed E-state index contributed by atoms with van der Waals surface area (Å²) in [6.07, 6.45) is 0. The lowest BCUT2D eigenvalue weighted by Crippen LogP contribution is -2.27. The fourth-order valence-corrected chi connectivity index (χ4v) is 1.60. The molecule has 0 radical (unpaired) electrons. The van der Waals surface area contributed by atoms with E-state index in [1.807, 2.05) is 0 Å². The third-order valence-corrected chi connectivity index (χ3v) is 2.80. The first-order valence-electron chi connectivity index (χ1n) is 5.89. The van der Waals surface area contributed by atoms with Crippen LogP contribution >= 0.6 is 0 Å². The van der Waals surface area contributed by atoms with Crippen molar-refractivity contribution in [2.45, 2.75) is 13.8 Å². The van der Waals surface area contributed by atoms with E-state index >= 15 is 0 Å². The van der Waals surface area contributed by atoms with Gasteiger partial charge in [0.1, 0.15) is 11.9 Å². The number of aliphatic carboxylic acids is 1. The molecule has 8 heteroatoms. The van der Waals surface area contributed by atoms with Crippen LogP contribution in [0.5, 0.6) is 0 Å². The molecule has 0 fully saturated rings. The van der Waals surface area contributed by atoms with E-state index in [9.17, 15) is 14.9 Å². The summed E-state index contributed by atoms with van der Waals surface area (Å²) < 4.78 is 0. The number of nitrogens with zero attached hydrogens (tertiary/aromatic N) is 3. The first kappa shape index (κ1) is 15.4. The first-order chi connectivity index (χ1) is 9.36. The molecule has 106 valence electrons. The van der Waals surface area contributed by atoms with E-state index in [1.165, 1.54) is 12.1 Å². The molecular weight excluding hydrogens is 264 g/mol. The molecule has 20 heavy (non-hydrogen) atoms. The number of nitriles is 1. The predicted octanol–water partition coefficient (Wildman–Crippen LogP) is 1.63. The number of carboxylic acid groups (broad SMARTS) is 1. The van der Waals surface area contributed by atoms with Crippen LogP contribution < -0.4 is 5.32 Å². The highest BCUT2D eigenvalue weighted by Crippen LogP contribution is 2.19. The minimum absolute atomic E-state index is 0.0755. The van der Waals surface area contributed by atoms with Crippen molar-refractivity contribution in [1.82, 2.24) is 4.98 Å². The molecule has 2 N–H and O–H groups in total. The van der Waals surface area contributed by atoms with Gasteiger partial charge in [0.05, 0.1) is 10.8 Å². The fourth-order valence-electron chi connectivity index (χ4n) is 1.60. The molecule has 1 atom stereocenters. The number of aromatic nitrogens is 1. The number of nitrogens with one attached hydrogen (secondary N) is 1. The zero-order valence-electron chi connectivity index (χ0n) is 11.0. The summed E-state index contributed by atoms with van der Waals surface area (Å²) in [7, 11) is 0. The quantitative estimate of drug-likeness (QED) is 0.597. The number of carboxylic acids is 1. The second kappa shape index (κ2) is 6.47. The largest absolute Gasteiger partial charge is 0.481 e. The molecule has 1 aromatic heterocycles. The molecule has 0 aliphatic carbocycles. The number of pyridine rings is 1. The van der Waals surface area contributed by atoms with Crippen LogP contribution in [0.15, 0.2) is 12.1 Å². The number of hydrogen-bond acceptors (Lipinski definition) is 6. The highest BCUT2D eigenvalue weighted by atomic mass is 16.6. The molecule has 0 bridgehead atoms. The van der Waals surface area contributed by atoms with Crippen LogP contribution in [-0.4, -0.2) is 27.5 Å². The van der Waals surface area contributed by atoms with Gasteiger partial charge in [-0.2, -0.15) is 5.26 Å². The van der Waals surface area contributed by atoms with E-state index < -0.39 is 16.8 Å². The van der Waals surface area contributed by atoms with E-state index in [4.69, 9.17) is 10.4 Å². The van der Waals surface area contributed by atoms with Crippen LogP contribution in [0.25, 0.3) is 0 Å². The number of nitro groups is 1. The summed E-state index contributed by atoms with van der Waals surface area (Å²) >= 11 is 0. The molecule has 1 unspecified atom stereocenters. The average molecular weight is 278 g/mol. The molecule has 0 aliphatic rings. The minimum atomic E-state index is -0.935. The molecule has 0 saturated carbocycles. The van der Waals surface area contributed by atoms with Crippen LogP contribution in [0.3, 0.4) is 0 Å². The second-order valence-corrected chi connectivity index (χ2v) is 4.50. The topological polar surface area (TPSA) is 129 Å². The van der Waals surface area contributed by atoms with Crippen molar-refractivity contribution in [3.05, 3.63) is 27.9 Å². The van der Waals surface area contributed by atoms with Crippen molar-refractivity contribution in [2.24, 2.45) is 11.8 Å². The van der Waals surface area contributed by atoms with E-state index in [2.05, 4.69) is 10.3 Å². The molecule has 0 aromatic carbocycles. The predicted molar refractivity (Wildman–Crippen MR) is 70.1 cm³/mol. The average Bonchev–Trinajstić information content (AvgIpc) is 2.37. The molecule has 1 rings (SSSR count). The Morgan fingerprint density at radius 2 is 2.25 bits per heavy atom. The van der Waals surface area contributed by atoms with Crippen molar-refractivity contribution < 1.29 is 14.8 Å². The van der Waals surface area contributed by atoms with Crippen LogP contribution in [0.1, 0.15) is 19.5 Å². The van der Waals surface area contributed by atoms with Gasteiger partial charge >= 0.3 is 11.7 Å². The normalized spacial score (nSPS) is 11.7. The molecule has 0 spiro atoms. The van der Waals surface area contributed by atoms with Crippen LogP contribution in [0, 0.1) is 33.3 Å². The standard InChI is InChI=1S/C12H14N4O4/c1-7(2)8(12(17)18)6-14-11-4-3-10(16(19)20)9(5-13)15-11/h3-4,7-8H,6H2,1-2H3,(H,14,15)(H,17,18). The molecule has 1 aromatic rings. The summed E-state index contributed by atoms with van der Waals surface area (Å²) in [4.78, 5) is 24.8. The maximum absolute atomic E-state index is 11.0. The Morgan fingerprint density at radius 1 is 1.60 bits per heavy atom. The number of hydrogen-bond donors (Lipinski definition) is 2. The van der Waals surface area contributed by atoms with Crippen molar-refractivity contribution in [3.63, 3.8) is 0 Å². The Kier molecular flexibility index (Phi) is 4.97. The summed E-state index contributed by atoms with van der Waals surface area (Å²) in [6.45, 7) is 3.69. The third kappa shape index (κ3) is 3.65. The molecule has 0 amide bonds. The van der Waals surface area contributed by atoms with Crippen molar-refractivity contribution in [2.75, 3.05) is 11.9 Å². The minimum Gasteiger partial charge on any atom is -0.481 e. The second-order valence-electron chi connectivity index (χ2n) is 4.50. The third-order valence-electron chi connectivity index (χ3n) is 2.80. The Hall–Kier alpha value is -2.69. The molecule has 1 heterocycles. The van der Waals surface area contributed by atoms with Crippen LogP contribution in [0.4, 0.5) is 11.5 Å². The lowest BCUT2D eigenvalue weighted by molar-refractivity contribution is -0.385. The maximum Gasteiger partial charge on any atom is 0.308 e. The van der Waals surface area contributed by atoms with Crippen LogP contribution in [-0.2, 0) is 4.79 Å². The zero-order chi connectivity index (χ0) is 15.3. The fraction of sp³-hybridized carbons (Fsp3) is 0.417. The molecular formula is C12H14N4O4. The number of anilines is 1. The number of carbonyl (C=O) groups is 1. The van der Waals surface area contributed by atoms with Gasteiger partial charge in [0.25, 0.3) is 0 Å². The monoisotopic (exact) mass is 278 g/mol. The number of rotatable bonds is 6. The van der Waals surface area contributed by atoms with Gasteiger partial charge in [-0.15, -0.1) is 0 Å². The Bertz CT molecular complexity index is 565. The smallest absolute Gasteiger partial charge is 0.308 e.